The average molecular weight is 285 g/mol. The minimum atomic E-state index is 0. The van der Waals surface area contributed by atoms with Gasteiger partial charge in [0.25, 0.3) is 5.91 Å². The highest BCUT2D eigenvalue weighted by molar-refractivity contribution is 5.95. The zero-order chi connectivity index (χ0) is 13.0. The van der Waals surface area contributed by atoms with Gasteiger partial charge in [0.2, 0.25) is 0 Å². The highest BCUT2D eigenvalue weighted by Crippen LogP contribution is 2.19. The van der Waals surface area contributed by atoms with Crippen molar-refractivity contribution in [2.45, 2.75) is 13.3 Å². The highest BCUT2D eigenvalue weighted by atomic mass is 35.5. The van der Waals surface area contributed by atoms with Gasteiger partial charge < -0.3 is 15.4 Å². The van der Waals surface area contributed by atoms with E-state index < -0.39 is 0 Å². The van der Waals surface area contributed by atoms with Gasteiger partial charge in [-0.3, -0.25) is 4.79 Å². The molecule has 106 valence electrons. The molecule has 1 saturated heterocycles. The van der Waals surface area contributed by atoms with Crippen LogP contribution in [0, 0.1) is 5.92 Å². The number of nitrogens with two attached hydrogens (primary N) is 1. The van der Waals surface area contributed by atoms with Crippen LogP contribution in [-0.2, 0) is 4.74 Å². The number of nitrogens with zero attached hydrogens (tertiary/aromatic N) is 1. The Kier molecular flexibility index (Phi) is 6.12. The number of halogens is 1. The first kappa shape index (κ1) is 15.8. The van der Waals surface area contributed by atoms with Crippen molar-refractivity contribution in [3.63, 3.8) is 0 Å². The molecule has 0 spiro atoms. The predicted octanol–water partition coefficient (Wildman–Crippen LogP) is 2.19. The lowest BCUT2D eigenvalue weighted by atomic mass is 10.1. The number of carbonyl (C=O) groups is 1. The number of rotatable bonds is 4. The van der Waals surface area contributed by atoms with Gasteiger partial charge in [-0.2, -0.15) is 0 Å². The van der Waals surface area contributed by atoms with E-state index in [0.717, 1.165) is 32.7 Å². The Morgan fingerprint density at radius 2 is 2.32 bits per heavy atom. The molecule has 1 aliphatic rings. The van der Waals surface area contributed by atoms with Crippen molar-refractivity contribution in [2.75, 3.05) is 32.0 Å². The maximum absolute atomic E-state index is 12.2. The van der Waals surface area contributed by atoms with Crippen LogP contribution >= 0.6 is 12.4 Å². The molecule has 2 N–H and O–H groups in total. The number of ether oxygens (including phenoxy) is 1. The fourth-order valence-corrected chi connectivity index (χ4v) is 2.29. The van der Waals surface area contributed by atoms with Crippen molar-refractivity contribution >= 4 is 24.0 Å². The molecule has 2 rings (SSSR count). The molecule has 1 heterocycles. The van der Waals surface area contributed by atoms with Crippen LogP contribution in [0.4, 0.5) is 5.69 Å². The molecule has 0 aromatic heterocycles. The van der Waals surface area contributed by atoms with Gasteiger partial charge in [0.1, 0.15) is 0 Å². The van der Waals surface area contributed by atoms with Gasteiger partial charge in [0, 0.05) is 36.9 Å². The predicted molar refractivity (Wildman–Crippen MR) is 78.6 cm³/mol. The number of likely N-dealkylation sites (tertiary alicyclic amines) is 1. The third kappa shape index (κ3) is 4.11. The van der Waals surface area contributed by atoms with Crippen LogP contribution in [0.5, 0.6) is 0 Å². The van der Waals surface area contributed by atoms with E-state index in [2.05, 4.69) is 0 Å². The number of carbonyl (C=O) groups excluding carboxylic acids is 1. The van der Waals surface area contributed by atoms with E-state index in [1.807, 2.05) is 24.0 Å². The molecule has 5 heteroatoms. The van der Waals surface area contributed by atoms with Gasteiger partial charge in [0.05, 0.1) is 6.61 Å². The quantitative estimate of drug-likeness (QED) is 0.863. The van der Waals surface area contributed by atoms with E-state index in [9.17, 15) is 4.79 Å². The summed E-state index contributed by atoms with van der Waals surface area (Å²) in [6.45, 7) is 5.07. The van der Waals surface area contributed by atoms with E-state index in [-0.39, 0.29) is 18.3 Å². The number of hydrogen-bond donors (Lipinski definition) is 1. The molecule has 1 atom stereocenters. The normalized spacial score (nSPS) is 18.2. The second-order valence-electron chi connectivity index (χ2n) is 4.69. The number of anilines is 1. The fraction of sp³-hybridized carbons (Fsp3) is 0.500. The number of amides is 1. The number of nitrogen functional groups attached to an aromatic ring is 1. The van der Waals surface area contributed by atoms with E-state index in [1.54, 1.807) is 12.1 Å². The van der Waals surface area contributed by atoms with Crippen LogP contribution in [0.2, 0.25) is 0 Å². The first-order chi connectivity index (χ1) is 8.70. The molecule has 1 aromatic rings. The molecule has 1 unspecified atom stereocenters. The lowest BCUT2D eigenvalue weighted by Crippen LogP contribution is -2.29. The molecule has 0 radical (unpaired) electrons. The molecule has 1 fully saturated rings. The van der Waals surface area contributed by atoms with Gasteiger partial charge in [-0.25, -0.2) is 0 Å². The van der Waals surface area contributed by atoms with Gasteiger partial charge in [0.15, 0.2) is 0 Å². The summed E-state index contributed by atoms with van der Waals surface area (Å²) in [5, 5.41) is 0. The Bertz CT molecular complexity index is 426. The summed E-state index contributed by atoms with van der Waals surface area (Å²) in [6.07, 6.45) is 1.02. The second-order valence-corrected chi connectivity index (χ2v) is 4.69. The summed E-state index contributed by atoms with van der Waals surface area (Å²) < 4.78 is 5.41. The highest BCUT2D eigenvalue weighted by Gasteiger charge is 2.26. The summed E-state index contributed by atoms with van der Waals surface area (Å²) in [7, 11) is 0. The van der Waals surface area contributed by atoms with E-state index in [1.165, 1.54) is 0 Å². The van der Waals surface area contributed by atoms with Crippen LogP contribution in [0.25, 0.3) is 0 Å². The summed E-state index contributed by atoms with van der Waals surface area (Å²) in [6, 6.07) is 7.15. The fourth-order valence-electron chi connectivity index (χ4n) is 2.29. The van der Waals surface area contributed by atoms with E-state index in [0.29, 0.717) is 17.2 Å². The van der Waals surface area contributed by atoms with Crippen molar-refractivity contribution < 1.29 is 9.53 Å². The third-order valence-corrected chi connectivity index (χ3v) is 3.26. The Balaban J connectivity index is 0.00000180. The van der Waals surface area contributed by atoms with Crippen LogP contribution in [0.3, 0.4) is 0 Å². The molecule has 1 aromatic carbocycles. The molecular formula is C14H21ClN2O2. The van der Waals surface area contributed by atoms with E-state index in [4.69, 9.17) is 10.5 Å². The van der Waals surface area contributed by atoms with Crippen LogP contribution in [0.1, 0.15) is 23.7 Å². The van der Waals surface area contributed by atoms with Gasteiger partial charge >= 0.3 is 0 Å². The maximum atomic E-state index is 12.2. The SMILES string of the molecule is CCOCC1CCN(C(=O)c2cccc(N)c2)C1.Cl. The number of benzene rings is 1. The van der Waals surface area contributed by atoms with Crippen molar-refractivity contribution in [1.82, 2.24) is 4.90 Å². The molecule has 4 nitrogen and oxygen atoms in total. The minimum Gasteiger partial charge on any atom is -0.399 e. The monoisotopic (exact) mass is 284 g/mol. The molecule has 0 saturated carbocycles. The summed E-state index contributed by atoms with van der Waals surface area (Å²) in [4.78, 5) is 14.1. The second kappa shape index (κ2) is 7.36. The standard InChI is InChI=1S/C14H20N2O2.ClH/c1-2-18-10-11-6-7-16(9-11)14(17)12-4-3-5-13(15)8-12;/h3-5,8,11H,2,6-7,9-10,15H2,1H3;1H. The summed E-state index contributed by atoms with van der Waals surface area (Å²) in [5.41, 5.74) is 7.00. The number of hydrogen-bond acceptors (Lipinski definition) is 3. The Morgan fingerprint density at radius 1 is 1.53 bits per heavy atom. The third-order valence-electron chi connectivity index (χ3n) is 3.26. The van der Waals surface area contributed by atoms with Gasteiger partial charge in [-0.15, -0.1) is 12.4 Å². The molecule has 19 heavy (non-hydrogen) atoms. The van der Waals surface area contributed by atoms with Crippen LogP contribution in [-0.4, -0.2) is 37.1 Å². The van der Waals surface area contributed by atoms with E-state index >= 15 is 0 Å². The lowest BCUT2D eigenvalue weighted by molar-refractivity contribution is 0.0763. The van der Waals surface area contributed by atoms with Crippen molar-refractivity contribution in [2.24, 2.45) is 5.92 Å². The summed E-state index contributed by atoms with van der Waals surface area (Å²) in [5.74, 6) is 0.538. The van der Waals surface area contributed by atoms with Crippen LogP contribution < -0.4 is 5.73 Å². The van der Waals surface area contributed by atoms with Crippen molar-refractivity contribution in [1.29, 1.82) is 0 Å². The zero-order valence-corrected chi connectivity index (χ0v) is 12.0. The lowest BCUT2D eigenvalue weighted by Gasteiger charge is -2.16. The molecule has 1 amide bonds. The first-order valence-corrected chi connectivity index (χ1v) is 6.43. The maximum Gasteiger partial charge on any atom is 0.253 e. The molecule has 1 aliphatic heterocycles. The zero-order valence-electron chi connectivity index (χ0n) is 11.2. The largest absolute Gasteiger partial charge is 0.399 e. The van der Waals surface area contributed by atoms with Gasteiger partial charge in [-0.05, 0) is 31.5 Å². The Morgan fingerprint density at radius 3 is 3.00 bits per heavy atom. The molecular weight excluding hydrogens is 264 g/mol. The smallest absolute Gasteiger partial charge is 0.253 e. The first-order valence-electron chi connectivity index (χ1n) is 6.43. The summed E-state index contributed by atoms with van der Waals surface area (Å²) >= 11 is 0. The van der Waals surface area contributed by atoms with Gasteiger partial charge in [-0.1, -0.05) is 6.07 Å². The molecule has 0 bridgehead atoms. The topological polar surface area (TPSA) is 55.6 Å². The van der Waals surface area contributed by atoms with Crippen LogP contribution in [0.15, 0.2) is 24.3 Å². The minimum absolute atomic E-state index is 0. The van der Waals surface area contributed by atoms with Crippen molar-refractivity contribution in [3.8, 4) is 0 Å². The van der Waals surface area contributed by atoms with Crippen molar-refractivity contribution in [3.05, 3.63) is 29.8 Å². The Hall–Kier alpha value is -1.26. The Labute approximate surface area is 120 Å². The molecule has 0 aliphatic carbocycles. The average Bonchev–Trinajstić information content (AvgIpc) is 2.84.